The van der Waals surface area contributed by atoms with Gasteiger partial charge >= 0.3 is 6.09 Å². The minimum absolute atomic E-state index is 0.0493. The maximum absolute atomic E-state index is 14.9. The number of nitrogens with zero attached hydrogens (tertiary/aromatic N) is 1. The smallest absolute Gasteiger partial charge is 0.408 e. The van der Waals surface area contributed by atoms with Crippen LogP contribution in [0.1, 0.15) is 91.5 Å². The summed E-state index contributed by atoms with van der Waals surface area (Å²) in [5, 5.41) is 2.63. The molecular formula is C33H47FN2O6. The van der Waals surface area contributed by atoms with Gasteiger partial charge in [-0.25, -0.2) is 9.18 Å². The van der Waals surface area contributed by atoms with Gasteiger partial charge in [-0.15, -0.1) is 0 Å². The summed E-state index contributed by atoms with van der Waals surface area (Å²) in [5.41, 5.74) is 0.959. The predicted molar refractivity (Wildman–Crippen MR) is 157 cm³/mol. The molecule has 2 aliphatic rings. The third-order valence-electron chi connectivity index (χ3n) is 8.69. The van der Waals surface area contributed by atoms with Crippen molar-refractivity contribution in [1.29, 1.82) is 0 Å². The number of carbonyl (C=O) groups is 5. The SMILES string of the molecule is CCCC(CC(=O)[C@@H]1[C@H]2CC[C@H](F)[C@H]2CN1C(=O)[C@@H](NC(=O)OC(C)C)C(C)C)C(=O)C(=O)CC(C)c1ccccc1. The lowest BCUT2D eigenvalue weighted by molar-refractivity contribution is -0.143. The monoisotopic (exact) mass is 586 g/mol. The third-order valence-corrected chi connectivity index (χ3v) is 8.69. The lowest BCUT2D eigenvalue weighted by Gasteiger charge is -2.32. The Morgan fingerprint density at radius 3 is 2.24 bits per heavy atom. The lowest BCUT2D eigenvalue weighted by Crippen LogP contribution is -2.55. The van der Waals surface area contributed by atoms with E-state index < -0.39 is 53.7 Å². The number of nitrogens with one attached hydrogen (secondary N) is 1. The van der Waals surface area contributed by atoms with Crippen molar-refractivity contribution in [2.45, 2.75) is 110 Å². The largest absolute Gasteiger partial charge is 0.447 e. The van der Waals surface area contributed by atoms with Gasteiger partial charge in [0.2, 0.25) is 11.7 Å². The molecule has 1 aliphatic carbocycles. The van der Waals surface area contributed by atoms with E-state index in [0.29, 0.717) is 25.7 Å². The van der Waals surface area contributed by atoms with Gasteiger partial charge in [0.05, 0.1) is 12.1 Å². The van der Waals surface area contributed by atoms with Crippen LogP contribution in [0.4, 0.5) is 9.18 Å². The first-order chi connectivity index (χ1) is 19.8. The van der Waals surface area contributed by atoms with E-state index in [0.717, 1.165) is 5.56 Å². The van der Waals surface area contributed by atoms with E-state index in [4.69, 9.17) is 4.74 Å². The Labute approximate surface area is 249 Å². The first-order valence-electron chi connectivity index (χ1n) is 15.4. The highest BCUT2D eigenvalue weighted by Crippen LogP contribution is 2.45. The van der Waals surface area contributed by atoms with Crippen LogP contribution in [0.25, 0.3) is 0 Å². The molecule has 232 valence electrons. The van der Waals surface area contributed by atoms with Crippen LogP contribution in [-0.4, -0.2) is 65.2 Å². The molecule has 1 heterocycles. The van der Waals surface area contributed by atoms with E-state index in [1.165, 1.54) is 4.90 Å². The highest BCUT2D eigenvalue weighted by atomic mass is 19.1. The normalized spacial score (nSPS) is 23.8. The molecule has 8 nitrogen and oxygen atoms in total. The van der Waals surface area contributed by atoms with E-state index in [1.54, 1.807) is 27.7 Å². The number of carbonyl (C=O) groups excluding carboxylic acids is 5. The highest BCUT2D eigenvalue weighted by Gasteiger charge is 2.54. The Balaban J connectivity index is 1.79. The molecule has 1 saturated heterocycles. The van der Waals surface area contributed by atoms with Crippen LogP contribution in [0.3, 0.4) is 0 Å². The van der Waals surface area contributed by atoms with Crippen molar-refractivity contribution < 1.29 is 33.1 Å². The van der Waals surface area contributed by atoms with E-state index >= 15 is 0 Å². The van der Waals surface area contributed by atoms with E-state index in [1.807, 2.05) is 44.2 Å². The molecule has 42 heavy (non-hydrogen) atoms. The number of benzene rings is 1. The quantitative estimate of drug-likeness (QED) is 0.291. The molecule has 1 saturated carbocycles. The maximum atomic E-state index is 14.9. The van der Waals surface area contributed by atoms with Crippen molar-refractivity contribution in [2.75, 3.05) is 6.54 Å². The zero-order chi connectivity index (χ0) is 31.1. The second kappa shape index (κ2) is 14.9. The third kappa shape index (κ3) is 8.04. The fraction of sp³-hybridized carbons (Fsp3) is 0.667. The fourth-order valence-electron chi connectivity index (χ4n) is 6.51. The molecule has 0 radical (unpaired) electrons. The summed E-state index contributed by atoms with van der Waals surface area (Å²) in [7, 11) is 0. The molecule has 1 aliphatic heterocycles. The summed E-state index contributed by atoms with van der Waals surface area (Å²) < 4.78 is 20.1. The Morgan fingerprint density at radius 2 is 1.64 bits per heavy atom. The van der Waals surface area contributed by atoms with Crippen molar-refractivity contribution in [3.05, 3.63) is 35.9 Å². The van der Waals surface area contributed by atoms with E-state index in [-0.39, 0.29) is 49.0 Å². The van der Waals surface area contributed by atoms with Crippen molar-refractivity contribution in [2.24, 2.45) is 23.7 Å². The van der Waals surface area contributed by atoms with Crippen LogP contribution in [0.2, 0.25) is 0 Å². The number of alkyl halides is 1. The minimum Gasteiger partial charge on any atom is -0.447 e. The van der Waals surface area contributed by atoms with Gasteiger partial charge in [0, 0.05) is 31.2 Å². The van der Waals surface area contributed by atoms with Crippen LogP contribution >= 0.6 is 0 Å². The van der Waals surface area contributed by atoms with Gasteiger partial charge in [0.15, 0.2) is 11.6 Å². The minimum atomic E-state index is -1.13. The molecular weight excluding hydrogens is 539 g/mol. The molecule has 2 fully saturated rings. The van der Waals surface area contributed by atoms with Gasteiger partial charge in [-0.1, -0.05) is 64.4 Å². The second-order valence-electron chi connectivity index (χ2n) is 12.6. The zero-order valence-electron chi connectivity index (χ0n) is 25.8. The van der Waals surface area contributed by atoms with Crippen molar-refractivity contribution in [3.8, 4) is 0 Å². The Bertz CT molecular complexity index is 1120. The number of alkyl carbamates (subject to hydrolysis) is 1. The second-order valence-corrected chi connectivity index (χ2v) is 12.6. The summed E-state index contributed by atoms with van der Waals surface area (Å²) in [6.45, 7) is 10.8. The van der Waals surface area contributed by atoms with E-state index in [9.17, 15) is 28.4 Å². The van der Waals surface area contributed by atoms with Crippen LogP contribution in [0, 0.1) is 23.7 Å². The number of ketones is 3. The molecule has 1 aromatic rings. The van der Waals surface area contributed by atoms with Crippen LogP contribution < -0.4 is 5.32 Å². The molecule has 0 bridgehead atoms. The number of fused-ring (bicyclic) bond motifs is 1. The van der Waals surface area contributed by atoms with Gasteiger partial charge in [-0.05, 0) is 56.4 Å². The summed E-state index contributed by atoms with van der Waals surface area (Å²) in [6.07, 6.45) is -0.625. The first kappa shape index (κ1) is 33.4. The fourth-order valence-corrected chi connectivity index (χ4v) is 6.51. The molecule has 3 rings (SSSR count). The first-order valence-corrected chi connectivity index (χ1v) is 15.4. The number of hydrogen-bond donors (Lipinski definition) is 1. The van der Waals surface area contributed by atoms with Gasteiger partial charge in [0.25, 0.3) is 0 Å². The molecule has 2 amide bonds. The number of hydrogen-bond acceptors (Lipinski definition) is 6. The topological polar surface area (TPSA) is 110 Å². The summed E-state index contributed by atoms with van der Waals surface area (Å²) in [6, 6.07) is 7.63. The lowest BCUT2D eigenvalue weighted by atomic mass is 9.83. The Morgan fingerprint density at radius 1 is 0.976 bits per heavy atom. The van der Waals surface area contributed by atoms with Crippen LogP contribution in [-0.2, 0) is 23.9 Å². The van der Waals surface area contributed by atoms with Crippen LogP contribution in [0.15, 0.2) is 30.3 Å². The predicted octanol–water partition coefficient (Wildman–Crippen LogP) is 5.43. The van der Waals surface area contributed by atoms with Gasteiger partial charge < -0.3 is 15.0 Å². The average Bonchev–Trinajstić information content (AvgIpc) is 3.49. The van der Waals surface area contributed by atoms with E-state index in [2.05, 4.69) is 5.32 Å². The molecule has 9 heteroatoms. The Kier molecular flexibility index (Phi) is 11.8. The maximum Gasteiger partial charge on any atom is 0.408 e. The molecule has 1 aromatic carbocycles. The van der Waals surface area contributed by atoms with Gasteiger partial charge in [-0.2, -0.15) is 0 Å². The van der Waals surface area contributed by atoms with Gasteiger partial charge in [-0.3, -0.25) is 19.2 Å². The number of rotatable bonds is 14. The number of amides is 2. The summed E-state index contributed by atoms with van der Waals surface area (Å²) in [4.78, 5) is 68.0. The van der Waals surface area contributed by atoms with Gasteiger partial charge in [0.1, 0.15) is 12.2 Å². The number of ether oxygens (including phenoxy) is 1. The summed E-state index contributed by atoms with van der Waals surface area (Å²) >= 11 is 0. The molecule has 2 unspecified atom stereocenters. The number of likely N-dealkylation sites (tertiary alicyclic amines) is 1. The van der Waals surface area contributed by atoms with Crippen molar-refractivity contribution in [3.63, 3.8) is 0 Å². The summed E-state index contributed by atoms with van der Waals surface area (Å²) in [5.74, 6) is -3.95. The average molecular weight is 587 g/mol. The molecule has 1 N–H and O–H groups in total. The zero-order valence-corrected chi connectivity index (χ0v) is 25.8. The number of halogens is 1. The highest BCUT2D eigenvalue weighted by molar-refractivity contribution is 6.38. The van der Waals surface area contributed by atoms with Crippen molar-refractivity contribution in [1.82, 2.24) is 10.2 Å². The standard InChI is InChI=1S/C33H47FN2O6/c1-7-11-23(31(39)28(38)16-21(6)22-12-9-8-10-13-22)17-27(37)30-24-14-15-26(34)25(24)18-36(30)32(40)29(19(2)3)35-33(41)42-20(4)5/h8-10,12-13,19-21,23-26,29-30H,7,11,14-18H2,1-6H3,(H,35,41)/t21?,23?,24-,25-,26-,29-,30-/m0/s1. The number of Topliss-reactive ketones (excluding diaryl/α,β-unsaturated/α-hetero) is 3. The molecule has 0 aromatic heterocycles. The molecule has 0 spiro atoms. The van der Waals surface area contributed by atoms with Crippen LogP contribution in [0.5, 0.6) is 0 Å². The molecule has 7 atom stereocenters. The van der Waals surface area contributed by atoms with Crippen molar-refractivity contribution >= 4 is 29.4 Å². The Hall–Kier alpha value is -3.10.